The molecule has 0 amide bonds. The molecule has 1 aliphatic heterocycles. The van der Waals surface area contributed by atoms with E-state index in [0.717, 1.165) is 18.6 Å². The lowest BCUT2D eigenvalue weighted by atomic mass is 9.78. The molecule has 1 aliphatic carbocycles. The first-order chi connectivity index (χ1) is 6.84. The van der Waals surface area contributed by atoms with E-state index in [4.69, 9.17) is 10.5 Å². The lowest BCUT2D eigenvalue weighted by Crippen LogP contribution is -2.45. The molecule has 74 valence electrons. The zero-order valence-corrected chi connectivity index (χ0v) is 8.15. The molecule has 2 heteroatoms. The van der Waals surface area contributed by atoms with Crippen LogP contribution >= 0.6 is 0 Å². The van der Waals surface area contributed by atoms with E-state index in [0.29, 0.717) is 5.92 Å². The van der Waals surface area contributed by atoms with E-state index in [9.17, 15) is 0 Å². The molecular formula is C12H15NO. The van der Waals surface area contributed by atoms with Crippen molar-refractivity contribution in [3.63, 3.8) is 0 Å². The monoisotopic (exact) mass is 189 g/mol. The molecule has 1 heterocycles. The lowest BCUT2D eigenvalue weighted by Gasteiger charge is -2.39. The zero-order valence-electron chi connectivity index (χ0n) is 8.15. The van der Waals surface area contributed by atoms with E-state index in [1.807, 2.05) is 6.07 Å². The van der Waals surface area contributed by atoms with Gasteiger partial charge >= 0.3 is 0 Å². The molecule has 0 spiro atoms. The molecule has 1 fully saturated rings. The minimum Gasteiger partial charge on any atom is -0.488 e. The maximum atomic E-state index is 6.02. The number of hydrogen-bond donors (Lipinski definition) is 1. The van der Waals surface area contributed by atoms with Gasteiger partial charge in [0.25, 0.3) is 0 Å². The lowest BCUT2D eigenvalue weighted by molar-refractivity contribution is 0.0990. The molecule has 0 saturated heterocycles. The quantitative estimate of drug-likeness (QED) is 0.678. The van der Waals surface area contributed by atoms with Crippen LogP contribution in [0, 0.1) is 0 Å². The number of hydrogen-bond acceptors (Lipinski definition) is 2. The Morgan fingerprint density at radius 2 is 2.07 bits per heavy atom. The minimum atomic E-state index is 0.236. The standard InChI is InChI=1S/C12H15NO/c13-10-6-5-8-7-12(10)14-11-4-2-1-3-9(8)11/h1-4,8,10,12H,5-7,13H2. The molecule has 2 N–H and O–H groups in total. The van der Waals surface area contributed by atoms with Gasteiger partial charge in [-0.15, -0.1) is 0 Å². The molecular weight excluding hydrogens is 174 g/mol. The number of nitrogens with two attached hydrogens (primary N) is 1. The van der Waals surface area contributed by atoms with Gasteiger partial charge < -0.3 is 10.5 Å². The van der Waals surface area contributed by atoms with Gasteiger partial charge in [-0.05, 0) is 36.8 Å². The second-order valence-corrected chi connectivity index (χ2v) is 4.37. The highest BCUT2D eigenvalue weighted by molar-refractivity contribution is 5.39. The predicted octanol–water partition coefficient (Wildman–Crippen LogP) is 2.04. The Bertz CT molecular complexity index is 350. The molecule has 14 heavy (non-hydrogen) atoms. The molecule has 2 aliphatic rings. The van der Waals surface area contributed by atoms with Crippen LogP contribution in [-0.4, -0.2) is 12.1 Å². The third-order valence-electron chi connectivity index (χ3n) is 3.48. The fourth-order valence-electron chi connectivity index (χ4n) is 2.66. The van der Waals surface area contributed by atoms with Gasteiger partial charge in [-0.3, -0.25) is 0 Å². The summed E-state index contributed by atoms with van der Waals surface area (Å²) in [5.41, 5.74) is 7.40. The number of ether oxygens (including phenoxy) is 1. The summed E-state index contributed by atoms with van der Waals surface area (Å²) in [6.45, 7) is 0. The van der Waals surface area contributed by atoms with Gasteiger partial charge in [-0.2, -0.15) is 0 Å². The topological polar surface area (TPSA) is 35.2 Å². The van der Waals surface area contributed by atoms with E-state index in [2.05, 4.69) is 18.2 Å². The van der Waals surface area contributed by atoms with Crippen LogP contribution in [0.25, 0.3) is 0 Å². The average molecular weight is 189 g/mol. The van der Waals surface area contributed by atoms with Gasteiger partial charge in [0.1, 0.15) is 11.9 Å². The van der Waals surface area contributed by atoms with Crippen molar-refractivity contribution in [2.45, 2.75) is 37.3 Å². The minimum absolute atomic E-state index is 0.236. The maximum Gasteiger partial charge on any atom is 0.123 e. The number of benzene rings is 1. The fourth-order valence-corrected chi connectivity index (χ4v) is 2.66. The van der Waals surface area contributed by atoms with Crippen LogP contribution in [0.2, 0.25) is 0 Å². The SMILES string of the molecule is NC1CCC2CC1Oc1ccccc12. The van der Waals surface area contributed by atoms with E-state index < -0.39 is 0 Å². The Balaban J connectivity index is 2.02. The largest absolute Gasteiger partial charge is 0.488 e. The van der Waals surface area contributed by atoms with Crippen LogP contribution in [0.15, 0.2) is 24.3 Å². The Kier molecular flexibility index (Phi) is 1.77. The summed E-state index contributed by atoms with van der Waals surface area (Å²) in [7, 11) is 0. The third kappa shape index (κ3) is 1.14. The fraction of sp³-hybridized carbons (Fsp3) is 0.500. The first-order valence-corrected chi connectivity index (χ1v) is 5.36. The average Bonchev–Trinajstić information content (AvgIpc) is 2.24. The summed E-state index contributed by atoms with van der Waals surface area (Å²) in [6.07, 6.45) is 3.68. The van der Waals surface area contributed by atoms with Crippen molar-refractivity contribution in [2.75, 3.05) is 0 Å². The smallest absolute Gasteiger partial charge is 0.123 e. The summed E-state index contributed by atoms with van der Waals surface area (Å²) in [4.78, 5) is 0. The van der Waals surface area contributed by atoms with Crippen LogP contribution in [0.3, 0.4) is 0 Å². The van der Waals surface area contributed by atoms with Crippen LogP contribution in [0.4, 0.5) is 0 Å². The van der Waals surface area contributed by atoms with Crippen molar-refractivity contribution in [1.82, 2.24) is 0 Å². The highest BCUT2D eigenvalue weighted by atomic mass is 16.5. The molecule has 1 saturated carbocycles. The van der Waals surface area contributed by atoms with Crippen LogP contribution in [0.5, 0.6) is 5.75 Å². The molecule has 1 aromatic rings. The number of fused-ring (bicyclic) bond motifs is 4. The second kappa shape index (κ2) is 2.99. The normalized spacial score (nSPS) is 34.5. The van der Waals surface area contributed by atoms with Gasteiger partial charge in [-0.25, -0.2) is 0 Å². The molecule has 2 bridgehead atoms. The van der Waals surface area contributed by atoms with Crippen LogP contribution in [0.1, 0.15) is 30.7 Å². The van der Waals surface area contributed by atoms with Gasteiger partial charge in [-0.1, -0.05) is 18.2 Å². The number of para-hydroxylation sites is 1. The van der Waals surface area contributed by atoms with Crippen molar-refractivity contribution < 1.29 is 4.74 Å². The second-order valence-electron chi connectivity index (χ2n) is 4.37. The highest BCUT2D eigenvalue weighted by Crippen LogP contribution is 2.42. The Morgan fingerprint density at radius 1 is 1.21 bits per heavy atom. The van der Waals surface area contributed by atoms with E-state index in [-0.39, 0.29) is 12.1 Å². The Labute approximate surface area is 84.1 Å². The summed E-state index contributed by atoms with van der Waals surface area (Å²) in [6, 6.07) is 8.61. The highest BCUT2D eigenvalue weighted by Gasteiger charge is 2.35. The molecule has 0 radical (unpaired) electrons. The molecule has 3 unspecified atom stereocenters. The zero-order chi connectivity index (χ0) is 9.54. The van der Waals surface area contributed by atoms with Crippen molar-refractivity contribution in [2.24, 2.45) is 5.73 Å². The van der Waals surface area contributed by atoms with Gasteiger partial charge in [0.15, 0.2) is 0 Å². The first kappa shape index (κ1) is 8.30. The Hall–Kier alpha value is -1.02. The van der Waals surface area contributed by atoms with Crippen molar-refractivity contribution in [1.29, 1.82) is 0 Å². The Morgan fingerprint density at radius 3 is 3.00 bits per heavy atom. The van der Waals surface area contributed by atoms with Gasteiger partial charge in [0, 0.05) is 6.04 Å². The van der Waals surface area contributed by atoms with Crippen molar-refractivity contribution in [3.8, 4) is 5.75 Å². The molecule has 0 aromatic heterocycles. The molecule has 3 atom stereocenters. The summed E-state index contributed by atoms with van der Waals surface area (Å²) in [5, 5.41) is 0. The van der Waals surface area contributed by atoms with E-state index in [1.165, 1.54) is 12.0 Å². The first-order valence-electron chi connectivity index (χ1n) is 5.36. The number of rotatable bonds is 0. The van der Waals surface area contributed by atoms with Crippen LogP contribution < -0.4 is 10.5 Å². The molecule has 2 nitrogen and oxygen atoms in total. The van der Waals surface area contributed by atoms with Crippen molar-refractivity contribution >= 4 is 0 Å². The summed E-state index contributed by atoms with van der Waals surface area (Å²) >= 11 is 0. The van der Waals surface area contributed by atoms with E-state index >= 15 is 0 Å². The van der Waals surface area contributed by atoms with E-state index in [1.54, 1.807) is 0 Å². The van der Waals surface area contributed by atoms with Crippen molar-refractivity contribution in [3.05, 3.63) is 29.8 Å². The predicted molar refractivity (Wildman–Crippen MR) is 55.4 cm³/mol. The third-order valence-corrected chi connectivity index (χ3v) is 3.48. The molecule has 3 rings (SSSR count). The maximum absolute atomic E-state index is 6.02. The summed E-state index contributed by atoms with van der Waals surface area (Å²) < 4.78 is 5.89. The van der Waals surface area contributed by atoms with Crippen LogP contribution in [-0.2, 0) is 0 Å². The molecule has 1 aromatic carbocycles. The summed E-state index contributed by atoms with van der Waals surface area (Å²) in [5.74, 6) is 1.74. The van der Waals surface area contributed by atoms with Gasteiger partial charge in [0.05, 0.1) is 0 Å². The van der Waals surface area contributed by atoms with Gasteiger partial charge in [0.2, 0.25) is 0 Å².